The summed E-state index contributed by atoms with van der Waals surface area (Å²) in [4.78, 5) is 18.7. The third-order valence-electron chi connectivity index (χ3n) is 5.77. The summed E-state index contributed by atoms with van der Waals surface area (Å²) in [5, 5.41) is 0.731. The molecule has 1 aromatic rings. The zero-order valence-corrected chi connectivity index (χ0v) is 17.1. The average Bonchev–Trinajstić information content (AvgIpc) is 3.16. The number of likely N-dealkylation sites (tertiary alicyclic amines) is 1. The van der Waals surface area contributed by atoms with Crippen molar-refractivity contribution in [2.24, 2.45) is 0 Å². The lowest BCUT2D eigenvalue weighted by atomic mass is 10.0. The summed E-state index contributed by atoms with van der Waals surface area (Å²) in [6.45, 7) is 8.73. The monoisotopic (exact) mass is 409 g/mol. The molecule has 0 N–H and O–H groups in total. The molecule has 7 nitrogen and oxygen atoms in total. The van der Waals surface area contributed by atoms with E-state index in [-0.39, 0.29) is 12.9 Å². The summed E-state index contributed by atoms with van der Waals surface area (Å²) in [7, 11) is 0. The van der Waals surface area contributed by atoms with Crippen LogP contribution in [0.3, 0.4) is 0 Å². The summed E-state index contributed by atoms with van der Waals surface area (Å²) >= 11 is 6.46. The predicted molar refractivity (Wildman–Crippen MR) is 106 cm³/mol. The van der Waals surface area contributed by atoms with Gasteiger partial charge in [0.25, 0.3) is 0 Å². The highest BCUT2D eigenvalue weighted by Crippen LogP contribution is 2.37. The van der Waals surface area contributed by atoms with E-state index in [0.29, 0.717) is 12.6 Å². The van der Waals surface area contributed by atoms with E-state index in [1.807, 2.05) is 24.0 Å². The van der Waals surface area contributed by atoms with Crippen LogP contribution >= 0.6 is 11.6 Å². The number of fused-ring (bicyclic) bond motifs is 1. The maximum absolute atomic E-state index is 11.9. The number of piperazine rings is 1. The molecule has 1 unspecified atom stereocenters. The van der Waals surface area contributed by atoms with Crippen molar-refractivity contribution in [1.29, 1.82) is 0 Å². The topological polar surface area (TPSA) is 54.5 Å². The summed E-state index contributed by atoms with van der Waals surface area (Å²) in [6, 6.07) is 4.38. The van der Waals surface area contributed by atoms with Gasteiger partial charge in [-0.05, 0) is 37.9 Å². The first-order valence-corrected chi connectivity index (χ1v) is 10.5. The molecule has 0 saturated carbocycles. The summed E-state index contributed by atoms with van der Waals surface area (Å²) in [6.07, 6.45) is 2.18. The molecule has 1 atom stereocenters. The van der Waals surface area contributed by atoms with Crippen LogP contribution in [0.1, 0.15) is 25.3 Å². The van der Waals surface area contributed by atoms with E-state index in [4.69, 9.17) is 25.8 Å². The minimum atomic E-state index is -0.190. The van der Waals surface area contributed by atoms with Crippen molar-refractivity contribution in [2.45, 2.75) is 32.4 Å². The Morgan fingerprint density at radius 1 is 1.18 bits per heavy atom. The first-order chi connectivity index (χ1) is 13.6. The summed E-state index contributed by atoms with van der Waals surface area (Å²) in [5.74, 6) is 1.51. The average molecular weight is 410 g/mol. The standard InChI is InChI=1S/C20H28ClN3O4/c1-2-26-20(25)24-8-6-23(7-9-24)16-4-3-5-22(13-16)12-15-10-18-19(11-17(15)21)28-14-27-18/h10-11,16H,2-9,12-14H2,1H3. The van der Waals surface area contributed by atoms with Gasteiger partial charge in [-0.2, -0.15) is 0 Å². The largest absolute Gasteiger partial charge is 0.454 e. The van der Waals surface area contributed by atoms with Crippen LogP contribution in [0.4, 0.5) is 4.79 Å². The Labute approximate surface area is 171 Å². The molecule has 2 saturated heterocycles. The number of hydrogen-bond acceptors (Lipinski definition) is 6. The summed E-state index contributed by atoms with van der Waals surface area (Å²) < 4.78 is 16.0. The fraction of sp³-hybridized carbons (Fsp3) is 0.650. The zero-order chi connectivity index (χ0) is 19.5. The Balaban J connectivity index is 1.32. The van der Waals surface area contributed by atoms with E-state index in [2.05, 4.69) is 9.80 Å². The van der Waals surface area contributed by atoms with E-state index >= 15 is 0 Å². The van der Waals surface area contributed by atoms with E-state index < -0.39 is 0 Å². The highest BCUT2D eigenvalue weighted by molar-refractivity contribution is 6.31. The number of halogens is 1. The normalized spacial score (nSPS) is 23.1. The molecule has 4 rings (SSSR count). The number of benzene rings is 1. The highest BCUT2D eigenvalue weighted by Gasteiger charge is 2.30. The highest BCUT2D eigenvalue weighted by atomic mass is 35.5. The second-order valence-corrected chi connectivity index (χ2v) is 7.96. The van der Waals surface area contributed by atoms with Crippen LogP contribution in [0.25, 0.3) is 0 Å². The number of ether oxygens (including phenoxy) is 3. The number of hydrogen-bond donors (Lipinski definition) is 0. The van der Waals surface area contributed by atoms with Gasteiger partial charge < -0.3 is 19.1 Å². The minimum absolute atomic E-state index is 0.190. The van der Waals surface area contributed by atoms with Gasteiger partial charge in [0.1, 0.15) is 0 Å². The van der Waals surface area contributed by atoms with E-state index in [0.717, 1.165) is 67.9 Å². The lowest BCUT2D eigenvalue weighted by Gasteiger charge is -2.43. The van der Waals surface area contributed by atoms with Gasteiger partial charge in [0.2, 0.25) is 6.79 Å². The van der Waals surface area contributed by atoms with E-state index in [9.17, 15) is 4.79 Å². The molecule has 8 heteroatoms. The van der Waals surface area contributed by atoms with Crippen molar-refractivity contribution in [1.82, 2.24) is 14.7 Å². The third-order valence-corrected chi connectivity index (χ3v) is 6.12. The van der Waals surface area contributed by atoms with Crippen molar-refractivity contribution < 1.29 is 19.0 Å². The van der Waals surface area contributed by atoms with E-state index in [1.165, 1.54) is 12.8 Å². The quantitative estimate of drug-likeness (QED) is 0.762. The fourth-order valence-electron chi connectivity index (χ4n) is 4.28. The Kier molecular flexibility index (Phi) is 6.13. The van der Waals surface area contributed by atoms with Crippen LogP contribution in [0.15, 0.2) is 12.1 Å². The molecular formula is C20H28ClN3O4. The zero-order valence-electron chi connectivity index (χ0n) is 16.4. The summed E-state index contributed by atoms with van der Waals surface area (Å²) in [5.41, 5.74) is 1.08. The van der Waals surface area contributed by atoms with Gasteiger partial charge in [-0.1, -0.05) is 11.6 Å². The van der Waals surface area contributed by atoms with Crippen LogP contribution in [0.2, 0.25) is 5.02 Å². The van der Waals surface area contributed by atoms with Crippen molar-refractivity contribution in [2.75, 3.05) is 52.7 Å². The SMILES string of the molecule is CCOC(=O)N1CCN(C2CCCN(Cc3cc4c(cc3Cl)OCO4)C2)CC1. The molecule has 1 aromatic carbocycles. The maximum atomic E-state index is 11.9. The lowest BCUT2D eigenvalue weighted by molar-refractivity contribution is 0.0412. The first kappa shape index (κ1) is 19.6. The van der Waals surface area contributed by atoms with Gasteiger partial charge in [-0.25, -0.2) is 4.79 Å². The molecule has 2 fully saturated rings. The number of piperidine rings is 1. The molecule has 1 amide bonds. The number of carbonyl (C=O) groups is 1. The van der Waals surface area contributed by atoms with Crippen molar-refractivity contribution >= 4 is 17.7 Å². The van der Waals surface area contributed by atoms with Gasteiger partial charge in [0.05, 0.1) is 6.61 Å². The Morgan fingerprint density at radius 2 is 1.93 bits per heavy atom. The van der Waals surface area contributed by atoms with Crippen LogP contribution in [0.5, 0.6) is 11.5 Å². The third kappa shape index (κ3) is 4.31. The first-order valence-electron chi connectivity index (χ1n) is 10.1. The molecule has 0 radical (unpaired) electrons. The lowest BCUT2D eigenvalue weighted by Crippen LogP contribution is -2.55. The fourth-order valence-corrected chi connectivity index (χ4v) is 4.49. The van der Waals surface area contributed by atoms with Crippen molar-refractivity contribution in [3.63, 3.8) is 0 Å². The van der Waals surface area contributed by atoms with Crippen LogP contribution in [-0.2, 0) is 11.3 Å². The molecule has 154 valence electrons. The van der Waals surface area contributed by atoms with Crippen LogP contribution in [0, 0.1) is 0 Å². The van der Waals surface area contributed by atoms with Crippen LogP contribution < -0.4 is 9.47 Å². The Bertz CT molecular complexity index is 709. The van der Waals surface area contributed by atoms with Crippen LogP contribution in [-0.4, -0.2) is 79.5 Å². The second-order valence-electron chi connectivity index (χ2n) is 7.55. The van der Waals surface area contributed by atoms with Gasteiger partial charge >= 0.3 is 6.09 Å². The van der Waals surface area contributed by atoms with Gasteiger partial charge in [-0.15, -0.1) is 0 Å². The molecule has 0 aromatic heterocycles. The predicted octanol–water partition coefficient (Wildman–Crippen LogP) is 2.81. The Hall–Kier alpha value is -1.70. The van der Waals surface area contributed by atoms with Crippen molar-refractivity contribution in [3.05, 3.63) is 22.7 Å². The number of rotatable bonds is 4. The minimum Gasteiger partial charge on any atom is -0.454 e. The van der Waals surface area contributed by atoms with Gasteiger partial charge in [-0.3, -0.25) is 9.80 Å². The van der Waals surface area contributed by atoms with Crippen molar-refractivity contribution in [3.8, 4) is 11.5 Å². The van der Waals surface area contributed by atoms with E-state index in [1.54, 1.807) is 0 Å². The second kappa shape index (κ2) is 8.76. The smallest absolute Gasteiger partial charge is 0.409 e. The molecular weight excluding hydrogens is 382 g/mol. The van der Waals surface area contributed by atoms with Gasteiger partial charge in [0.15, 0.2) is 11.5 Å². The molecule has 3 aliphatic rings. The number of carbonyl (C=O) groups excluding carboxylic acids is 1. The molecule has 3 aliphatic heterocycles. The molecule has 0 aliphatic carbocycles. The number of amides is 1. The molecule has 28 heavy (non-hydrogen) atoms. The number of nitrogens with zero attached hydrogens (tertiary/aromatic N) is 3. The van der Waals surface area contributed by atoms with Gasteiger partial charge in [0, 0.05) is 56.4 Å². The maximum Gasteiger partial charge on any atom is 0.409 e. The molecule has 0 spiro atoms. The Morgan fingerprint density at radius 3 is 2.68 bits per heavy atom. The molecule has 0 bridgehead atoms. The molecule has 3 heterocycles.